The summed E-state index contributed by atoms with van der Waals surface area (Å²) in [6.45, 7) is 6.28. The Morgan fingerprint density at radius 1 is 1.38 bits per heavy atom. The molecule has 4 nitrogen and oxygen atoms in total. The minimum absolute atomic E-state index is 0. The first kappa shape index (κ1) is 19.9. The number of aromatic hydroxyl groups is 1. The van der Waals surface area contributed by atoms with Gasteiger partial charge in [-0.3, -0.25) is 0 Å². The molecule has 2 N–H and O–H groups in total. The van der Waals surface area contributed by atoms with E-state index in [-0.39, 0.29) is 29.7 Å². The van der Waals surface area contributed by atoms with Gasteiger partial charge in [-0.05, 0) is 31.0 Å². The summed E-state index contributed by atoms with van der Waals surface area (Å²) in [6, 6.07) is 4.35. The molecule has 0 atom stereocenters. The van der Waals surface area contributed by atoms with Gasteiger partial charge in [0.2, 0.25) is 0 Å². The van der Waals surface area contributed by atoms with Gasteiger partial charge in [-0.25, -0.2) is 9.38 Å². The first-order chi connectivity index (χ1) is 9.58. The summed E-state index contributed by atoms with van der Waals surface area (Å²) in [7, 11) is 1.99. The highest BCUT2D eigenvalue weighted by Crippen LogP contribution is 2.16. The summed E-state index contributed by atoms with van der Waals surface area (Å²) in [5, 5.41) is 12.4. The molecule has 0 radical (unpaired) electrons. The van der Waals surface area contributed by atoms with Gasteiger partial charge >= 0.3 is 0 Å². The third kappa shape index (κ3) is 6.97. The molecule has 0 saturated carbocycles. The van der Waals surface area contributed by atoms with Crippen LogP contribution in [0.1, 0.15) is 32.3 Å². The number of halogens is 2. The number of aliphatic imine (C=N–C) groups is 1. The fraction of sp³-hybridized carbons (Fsp3) is 0.533. The molecule has 0 spiro atoms. The van der Waals surface area contributed by atoms with E-state index < -0.39 is 5.82 Å². The predicted octanol–water partition coefficient (Wildman–Crippen LogP) is 3.35. The lowest BCUT2D eigenvalue weighted by Gasteiger charge is -2.21. The second kappa shape index (κ2) is 10.6. The smallest absolute Gasteiger partial charge is 0.193 e. The van der Waals surface area contributed by atoms with Gasteiger partial charge in [0.1, 0.15) is 0 Å². The quantitative estimate of drug-likeness (QED) is 0.431. The highest BCUT2D eigenvalue weighted by molar-refractivity contribution is 14.0. The number of benzene rings is 1. The van der Waals surface area contributed by atoms with Crippen LogP contribution in [0, 0.1) is 5.82 Å². The van der Waals surface area contributed by atoms with Crippen molar-refractivity contribution in [1.29, 1.82) is 0 Å². The van der Waals surface area contributed by atoms with Crippen LogP contribution >= 0.6 is 24.0 Å². The van der Waals surface area contributed by atoms with Gasteiger partial charge < -0.3 is 15.3 Å². The predicted molar refractivity (Wildman–Crippen MR) is 95.8 cm³/mol. The van der Waals surface area contributed by atoms with Gasteiger partial charge in [-0.2, -0.15) is 0 Å². The fourth-order valence-electron chi connectivity index (χ4n) is 1.79. The van der Waals surface area contributed by atoms with Crippen LogP contribution < -0.4 is 5.32 Å². The van der Waals surface area contributed by atoms with E-state index in [0.29, 0.717) is 6.54 Å². The zero-order chi connectivity index (χ0) is 15.0. The second-order valence-electron chi connectivity index (χ2n) is 4.73. The normalized spacial score (nSPS) is 11.0. The van der Waals surface area contributed by atoms with Crippen molar-refractivity contribution in [2.45, 2.75) is 33.2 Å². The molecule has 1 aromatic carbocycles. The van der Waals surface area contributed by atoms with Crippen molar-refractivity contribution < 1.29 is 9.50 Å². The Balaban J connectivity index is 0.00000400. The Morgan fingerprint density at radius 2 is 2.10 bits per heavy atom. The van der Waals surface area contributed by atoms with Crippen molar-refractivity contribution in [3.05, 3.63) is 29.6 Å². The molecule has 0 unspecified atom stereocenters. The van der Waals surface area contributed by atoms with Gasteiger partial charge in [0.15, 0.2) is 17.5 Å². The second-order valence-corrected chi connectivity index (χ2v) is 4.73. The Morgan fingerprint density at radius 3 is 2.67 bits per heavy atom. The molecule has 1 aromatic rings. The maximum absolute atomic E-state index is 13.3. The highest BCUT2D eigenvalue weighted by atomic mass is 127. The number of guanidine groups is 1. The van der Waals surface area contributed by atoms with E-state index in [0.717, 1.165) is 37.5 Å². The Hall–Kier alpha value is -1.05. The zero-order valence-corrected chi connectivity index (χ0v) is 15.2. The SMILES string of the molecule is CCCCN(C)C(=NCc1ccc(O)c(F)c1)NCC.I. The molecular formula is C15H25FIN3O. The van der Waals surface area contributed by atoms with Gasteiger partial charge in [-0.15, -0.1) is 24.0 Å². The van der Waals surface area contributed by atoms with Crippen molar-refractivity contribution in [2.24, 2.45) is 4.99 Å². The minimum atomic E-state index is -0.609. The molecule has 0 amide bonds. The molecule has 6 heteroatoms. The maximum Gasteiger partial charge on any atom is 0.193 e. The van der Waals surface area contributed by atoms with E-state index in [1.165, 1.54) is 12.1 Å². The molecule has 0 aliphatic heterocycles. The Kier molecular flexibility index (Phi) is 10.1. The summed E-state index contributed by atoms with van der Waals surface area (Å²) < 4.78 is 13.3. The average Bonchev–Trinajstić information content (AvgIpc) is 2.44. The molecule has 21 heavy (non-hydrogen) atoms. The van der Waals surface area contributed by atoms with Crippen LogP contribution in [0.3, 0.4) is 0 Å². The topological polar surface area (TPSA) is 47.9 Å². The van der Waals surface area contributed by atoms with Crippen molar-refractivity contribution in [3.63, 3.8) is 0 Å². The molecular weight excluding hydrogens is 384 g/mol. The zero-order valence-electron chi connectivity index (χ0n) is 12.9. The summed E-state index contributed by atoms with van der Waals surface area (Å²) in [6.07, 6.45) is 2.24. The van der Waals surface area contributed by atoms with Gasteiger partial charge in [0.25, 0.3) is 0 Å². The molecule has 0 aliphatic carbocycles. The third-order valence-corrected chi connectivity index (χ3v) is 2.97. The monoisotopic (exact) mass is 409 g/mol. The molecule has 0 bridgehead atoms. The number of nitrogens with one attached hydrogen (secondary N) is 1. The van der Waals surface area contributed by atoms with Gasteiger partial charge in [0, 0.05) is 20.1 Å². The van der Waals surface area contributed by atoms with Crippen molar-refractivity contribution in [2.75, 3.05) is 20.1 Å². The van der Waals surface area contributed by atoms with Crippen LogP contribution in [0.25, 0.3) is 0 Å². The van der Waals surface area contributed by atoms with E-state index in [4.69, 9.17) is 5.11 Å². The first-order valence-corrected chi connectivity index (χ1v) is 7.05. The van der Waals surface area contributed by atoms with Crippen LogP contribution in [0.15, 0.2) is 23.2 Å². The highest BCUT2D eigenvalue weighted by Gasteiger charge is 2.05. The van der Waals surface area contributed by atoms with Crippen molar-refractivity contribution in [3.8, 4) is 5.75 Å². The number of phenols is 1. The number of unbranched alkanes of at least 4 members (excludes halogenated alkanes) is 1. The Labute approximate surface area is 143 Å². The van der Waals surface area contributed by atoms with E-state index in [9.17, 15) is 4.39 Å². The summed E-state index contributed by atoms with van der Waals surface area (Å²) in [5.41, 5.74) is 0.736. The van der Waals surface area contributed by atoms with E-state index in [1.807, 2.05) is 14.0 Å². The van der Waals surface area contributed by atoms with Crippen LogP contribution in [0.5, 0.6) is 5.75 Å². The third-order valence-electron chi connectivity index (χ3n) is 2.97. The molecule has 0 heterocycles. The first-order valence-electron chi connectivity index (χ1n) is 7.05. The standard InChI is InChI=1S/C15H24FN3O.HI/c1-4-6-9-19(3)15(17-5-2)18-11-12-7-8-14(20)13(16)10-12;/h7-8,10,20H,4-6,9,11H2,1-3H3,(H,17,18);1H. The van der Waals surface area contributed by atoms with Gasteiger partial charge in [-0.1, -0.05) is 19.4 Å². The fourth-order valence-corrected chi connectivity index (χ4v) is 1.79. The minimum Gasteiger partial charge on any atom is -0.505 e. The molecule has 0 aliphatic rings. The largest absolute Gasteiger partial charge is 0.505 e. The van der Waals surface area contributed by atoms with Crippen LogP contribution in [0.4, 0.5) is 4.39 Å². The number of hydrogen-bond donors (Lipinski definition) is 2. The van der Waals surface area contributed by atoms with Gasteiger partial charge in [0.05, 0.1) is 6.54 Å². The summed E-state index contributed by atoms with van der Waals surface area (Å²) in [4.78, 5) is 6.56. The van der Waals surface area contributed by atoms with E-state index in [2.05, 4.69) is 22.1 Å². The lowest BCUT2D eigenvalue weighted by Crippen LogP contribution is -2.39. The molecule has 0 fully saturated rings. The number of nitrogens with zero attached hydrogens (tertiary/aromatic N) is 2. The van der Waals surface area contributed by atoms with Crippen molar-refractivity contribution >= 4 is 29.9 Å². The van der Waals surface area contributed by atoms with Crippen LogP contribution in [-0.2, 0) is 6.54 Å². The molecule has 120 valence electrons. The molecule has 1 rings (SSSR count). The molecule has 0 saturated heterocycles. The maximum atomic E-state index is 13.3. The summed E-state index contributed by atoms with van der Waals surface area (Å²) >= 11 is 0. The van der Waals surface area contributed by atoms with E-state index >= 15 is 0 Å². The number of phenolic OH excluding ortho intramolecular Hbond substituents is 1. The molecule has 0 aromatic heterocycles. The Bertz CT molecular complexity index is 455. The van der Waals surface area contributed by atoms with Crippen molar-refractivity contribution in [1.82, 2.24) is 10.2 Å². The average molecular weight is 409 g/mol. The summed E-state index contributed by atoms with van der Waals surface area (Å²) in [5.74, 6) is -0.124. The van der Waals surface area contributed by atoms with Crippen LogP contribution in [-0.4, -0.2) is 36.1 Å². The van der Waals surface area contributed by atoms with E-state index in [1.54, 1.807) is 6.07 Å². The lowest BCUT2D eigenvalue weighted by molar-refractivity contribution is 0.431. The number of hydrogen-bond acceptors (Lipinski definition) is 2. The lowest BCUT2D eigenvalue weighted by atomic mass is 10.2. The number of rotatable bonds is 6. The van der Waals surface area contributed by atoms with Crippen LogP contribution in [0.2, 0.25) is 0 Å².